The van der Waals surface area contributed by atoms with Crippen molar-refractivity contribution < 1.29 is 52.9 Å². The van der Waals surface area contributed by atoms with Crippen LogP contribution in [0.5, 0.6) is 0 Å². The van der Waals surface area contributed by atoms with E-state index in [-0.39, 0.29) is 62.7 Å². The molecule has 0 saturated carbocycles. The van der Waals surface area contributed by atoms with E-state index in [1.54, 1.807) is 91.0 Å². The lowest BCUT2D eigenvalue weighted by Crippen LogP contribution is -2.36. The second kappa shape index (κ2) is 29.6. The van der Waals surface area contributed by atoms with Crippen molar-refractivity contribution in [1.29, 1.82) is 0 Å². The molecule has 0 saturated heterocycles. The highest BCUT2D eigenvalue weighted by Crippen LogP contribution is 2.12. The Morgan fingerprint density at radius 3 is 1.13 bits per heavy atom. The molecule has 0 aliphatic rings. The number of carbonyl (C=O) groups is 8. The van der Waals surface area contributed by atoms with Gasteiger partial charge in [0.25, 0.3) is 17.7 Å². The Balaban J connectivity index is 1.37. The van der Waals surface area contributed by atoms with Crippen LogP contribution in [0.15, 0.2) is 91.0 Å². The van der Waals surface area contributed by atoms with E-state index < -0.39 is 35.6 Å². The van der Waals surface area contributed by atoms with Crippen molar-refractivity contribution in [3.63, 3.8) is 0 Å². The molecule has 17 heteroatoms. The average Bonchev–Trinajstić information content (AvgIpc) is 3.30. The van der Waals surface area contributed by atoms with E-state index >= 15 is 0 Å². The highest BCUT2D eigenvalue weighted by molar-refractivity contribution is 5.92. The van der Waals surface area contributed by atoms with Crippen molar-refractivity contribution in [2.24, 2.45) is 5.73 Å². The third-order valence-corrected chi connectivity index (χ3v) is 9.43. The Morgan fingerprint density at radius 2 is 0.778 bits per heavy atom. The van der Waals surface area contributed by atoms with E-state index in [9.17, 15) is 38.4 Å². The minimum absolute atomic E-state index is 0.0578. The molecule has 0 atom stereocenters. The van der Waals surface area contributed by atoms with Gasteiger partial charge in [-0.2, -0.15) is 15.2 Å². The molecule has 17 nitrogen and oxygen atoms in total. The Labute approximate surface area is 368 Å². The van der Waals surface area contributed by atoms with Gasteiger partial charge in [0.15, 0.2) is 0 Å². The molecule has 0 aliphatic carbocycles. The summed E-state index contributed by atoms with van der Waals surface area (Å²) in [5.74, 6) is -4.20. The molecule has 0 unspecified atom stereocenters. The third-order valence-electron chi connectivity index (χ3n) is 9.43. The quantitative estimate of drug-likeness (QED) is 0.0711. The third kappa shape index (κ3) is 20.7. The molecule has 0 radical (unpaired) electrons. The molecule has 3 aromatic carbocycles. The topological polar surface area (TPSA) is 224 Å². The maximum Gasteiger partial charge on any atom is 0.363 e. The highest BCUT2D eigenvalue weighted by atomic mass is 16.7. The second-order valence-corrected chi connectivity index (χ2v) is 14.5. The predicted octanol–water partition coefficient (Wildman–Crippen LogP) is 5.07. The van der Waals surface area contributed by atoms with Gasteiger partial charge in [0, 0.05) is 45.7 Å². The number of nitrogens with one attached hydrogen (secondary N) is 2. The van der Waals surface area contributed by atoms with Crippen molar-refractivity contribution in [3.05, 3.63) is 108 Å². The zero-order chi connectivity index (χ0) is 45.7. The fraction of sp³-hybridized carbons (Fsp3) is 0.435. The molecule has 0 aromatic heterocycles. The number of nitrogens with zero attached hydrogens (tertiary/aromatic N) is 3. The van der Waals surface area contributed by atoms with E-state index in [0.29, 0.717) is 75.7 Å². The molecule has 0 aliphatic heterocycles. The minimum atomic E-state index is -0.725. The first-order chi connectivity index (χ1) is 30.5. The van der Waals surface area contributed by atoms with Crippen LogP contribution in [0.2, 0.25) is 0 Å². The average molecular weight is 873 g/mol. The van der Waals surface area contributed by atoms with Gasteiger partial charge in [-0.25, -0.2) is 14.4 Å². The lowest BCUT2D eigenvalue weighted by Gasteiger charge is -2.21. The van der Waals surface area contributed by atoms with E-state index in [4.69, 9.17) is 20.2 Å². The number of rotatable bonds is 26. The van der Waals surface area contributed by atoms with E-state index in [1.807, 2.05) is 0 Å². The Hall–Kier alpha value is -6.62. The number of hydroxylamine groups is 6. The summed E-state index contributed by atoms with van der Waals surface area (Å²) in [6.45, 7) is 2.86. The van der Waals surface area contributed by atoms with Crippen LogP contribution in [0.3, 0.4) is 0 Å². The summed E-state index contributed by atoms with van der Waals surface area (Å²) >= 11 is 0. The molecule has 0 spiro atoms. The van der Waals surface area contributed by atoms with Crippen molar-refractivity contribution in [2.75, 3.05) is 39.3 Å². The molecule has 0 bridgehead atoms. The monoisotopic (exact) mass is 872 g/mol. The van der Waals surface area contributed by atoms with Gasteiger partial charge in [-0.3, -0.25) is 24.0 Å². The van der Waals surface area contributed by atoms with Crippen molar-refractivity contribution in [2.45, 2.75) is 90.4 Å². The highest BCUT2D eigenvalue weighted by Gasteiger charge is 2.23. The standard InChI is InChI=1S/C46H60N6O11/c1-36(53)50(61-44(58)37-20-8-2-9-21-37)33-18-6-15-31-48-40(54)27-29-43(57)52(63-46(60)39-24-12-4-13-25-39)35-19-7-16-32-49-41(55)26-28-42(56)51(34-17-5-14-30-47)62-45(59)38-22-10-3-11-23-38/h2-4,8-13,20-25H,5-7,14-19,26-35,47H2,1H3,(H,48,54)(H,49,55). The van der Waals surface area contributed by atoms with E-state index in [1.165, 1.54) is 6.92 Å². The van der Waals surface area contributed by atoms with E-state index in [0.717, 1.165) is 28.0 Å². The lowest BCUT2D eigenvalue weighted by molar-refractivity contribution is -0.168. The Kier molecular flexibility index (Phi) is 23.8. The van der Waals surface area contributed by atoms with Gasteiger partial charge in [0.05, 0.1) is 36.3 Å². The molecule has 3 rings (SSSR count). The molecular formula is C46H60N6O11. The summed E-state index contributed by atoms with van der Waals surface area (Å²) in [6.07, 6.45) is 4.70. The number of benzene rings is 3. The van der Waals surface area contributed by atoms with E-state index in [2.05, 4.69) is 10.6 Å². The largest absolute Gasteiger partial charge is 0.363 e. The van der Waals surface area contributed by atoms with Gasteiger partial charge in [-0.05, 0) is 94.3 Å². The van der Waals surface area contributed by atoms with Crippen LogP contribution in [0.25, 0.3) is 0 Å². The molecule has 63 heavy (non-hydrogen) atoms. The summed E-state index contributed by atoms with van der Waals surface area (Å²) in [4.78, 5) is 117. The minimum Gasteiger partial charge on any atom is -0.356 e. The molecule has 5 amide bonds. The van der Waals surface area contributed by atoms with Crippen molar-refractivity contribution in [3.8, 4) is 0 Å². The first-order valence-electron chi connectivity index (χ1n) is 21.4. The fourth-order valence-electron chi connectivity index (χ4n) is 5.90. The smallest absolute Gasteiger partial charge is 0.356 e. The van der Waals surface area contributed by atoms with Gasteiger partial charge in [0.2, 0.25) is 11.8 Å². The number of nitrogens with two attached hydrogens (primary N) is 1. The molecule has 0 heterocycles. The van der Waals surface area contributed by atoms with Gasteiger partial charge in [-0.1, -0.05) is 61.0 Å². The van der Waals surface area contributed by atoms with Crippen LogP contribution in [-0.2, 0) is 38.5 Å². The summed E-state index contributed by atoms with van der Waals surface area (Å²) in [5.41, 5.74) is 6.44. The Bertz CT molecular complexity index is 1900. The number of hydrogen-bond acceptors (Lipinski definition) is 12. The zero-order valence-electron chi connectivity index (χ0n) is 36.0. The maximum absolute atomic E-state index is 13.2. The normalized spacial score (nSPS) is 10.5. The summed E-state index contributed by atoms with van der Waals surface area (Å²) in [7, 11) is 0. The molecule has 4 N–H and O–H groups in total. The number of carbonyl (C=O) groups excluding carboxylic acids is 8. The number of hydrogen-bond donors (Lipinski definition) is 3. The van der Waals surface area contributed by atoms with Crippen LogP contribution >= 0.6 is 0 Å². The predicted molar refractivity (Wildman–Crippen MR) is 231 cm³/mol. The van der Waals surface area contributed by atoms with Gasteiger partial charge in [0.1, 0.15) is 0 Å². The van der Waals surface area contributed by atoms with Crippen LogP contribution in [0, 0.1) is 0 Å². The number of unbranched alkanes of at least 4 members (excludes halogenated alkanes) is 6. The van der Waals surface area contributed by atoms with Gasteiger partial charge in [-0.15, -0.1) is 0 Å². The van der Waals surface area contributed by atoms with Gasteiger partial charge < -0.3 is 30.9 Å². The van der Waals surface area contributed by atoms with Crippen molar-refractivity contribution >= 4 is 47.4 Å². The Morgan fingerprint density at radius 1 is 0.444 bits per heavy atom. The SMILES string of the molecule is CC(=O)N(CCCCCNC(=O)CCC(=O)N(CCCCCNC(=O)CCC(=O)N(CCCCCN)OC(=O)c1ccccc1)OC(=O)c1ccccc1)OC(=O)c1ccccc1. The summed E-state index contributed by atoms with van der Waals surface area (Å²) in [5, 5.41) is 8.53. The van der Waals surface area contributed by atoms with Crippen LogP contribution in [0.1, 0.15) is 121 Å². The zero-order valence-corrected chi connectivity index (χ0v) is 36.0. The molecule has 0 fully saturated rings. The van der Waals surface area contributed by atoms with Crippen LogP contribution in [0.4, 0.5) is 0 Å². The van der Waals surface area contributed by atoms with Crippen molar-refractivity contribution in [1.82, 2.24) is 25.8 Å². The first kappa shape index (κ1) is 50.7. The summed E-state index contributed by atoms with van der Waals surface area (Å²) < 4.78 is 0. The molecule has 340 valence electrons. The first-order valence-corrected chi connectivity index (χ1v) is 21.4. The molecule has 3 aromatic rings. The summed E-state index contributed by atoms with van der Waals surface area (Å²) in [6, 6.07) is 24.8. The number of amides is 5. The van der Waals surface area contributed by atoms with Gasteiger partial charge >= 0.3 is 17.9 Å². The second-order valence-electron chi connectivity index (χ2n) is 14.5. The van der Waals surface area contributed by atoms with Crippen LogP contribution in [-0.4, -0.2) is 102 Å². The maximum atomic E-state index is 13.2. The fourth-order valence-corrected chi connectivity index (χ4v) is 5.90. The van der Waals surface area contributed by atoms with Crippen LogP contribution < -0.4 is 16.4 Å². The molecular weight excluding hydrogens is 813 g/mol. The lowest BCUT2D eigenvalue weighted by atomic mass is 10.2.